The van der Waals surface area contributed by atoms with Crippen LogP contribution < -0.4 is 9.47 Å². The van der Waals surface area contributed by atoms with Crippen LogP contribution in [0.3, 0.4) is 0 Å². The number of rotatable bonds is 6. The van der Waals surface area contributed by atoms with Gasteiger partial charge in [-0.25, -0.2) is 0 Å². The lowest BCUT2D eigenvalue weighted by Gasteiger charge is -2.32. The van der Waals surface area contributed by atoms with Gasteiger partial charge in [-0.3, -0.25) is 0 Å². The monoisotopic (exact) mass is 321 g/mol. The van der Waals surface area contributed by atoms with Crippen LogP contribution >= 0.6 is 0 Å². The van der Waals surface area contributed by atoms with Crippen molar-refractivity contribution in [3.05, 3.63) is 24.3 Å². The molecule has 128 valence electrons. The van der Waals surface area contributed by atoms with Crippen LogP contribution in [0.4, 0.5) is 0 Å². The van der Waals surface area contributed by atoms with Crippen molar-refractivity contribution in [3.8, 4) is 11.5 Å². The van der Waals surface area contributed by atoms with E-state index in [0.29, 0.717) is 26.4 Å². The Kier molecular flexibility index (Phi) is 5.75. The summed E-state index contributed by atoms with van der Waals surface area (Å²) in [5, 5.41) is 10.1. The van der Waals surface area contributed by atoms with E-state index in [1.165, 1.54) is 12.8 Å². The van der Waals surface area contributed by atoms with E-state index in [-0.39, 0.29) is 6.10 Å². The third kappa shape index (κ3) is 4.83. The van der Waals surface area contributed by atoms with Crippen LogP contribution in [0.1, 0.15) is 19.8 Å². The maximum absolute atomic E-state index is 10.1. The van der Waals surface area contributed by atoms with Crippen LogP contribution in [0.25, 0.3) is 0 Å². The number of fused-ring (bicyclic) bond motifs is 1. The summed E-state index contributed by atoms with van der Waals surface area (Å²) in [5.74, 6) is 2.27. The number of β-amino-alcohol motifs (C(OH)–C–C–N with tert-alkyl or cyclic N) is 1. The molecule has 0 saturated carbocycles. The lowest BCUT2D eigenvalue weighted by molar-refractivity contribution is -0.0313. The summed E-state index contributed by atoms with van der Waals surface area (Å²) in [4.78, 5) is 2.33. The molecule has 3 atom stereocenters. The van der Waals surface area contributed by atoms with Gasteiger partial charge in [0.15, 0.2) is 17.6 Å². The van der Waals surface area contributed by atoms with Gasteiger partial charge < -0.3 is 24.2 Å². The SMILES string of the molecule is C[C@H]1CCCN(C[C@@H](O)COC[C@@H]2COc3ccccc3O2)C1. The number of aliphatic hydroxyl groups is 1. The second kappa shape index (κ2) is 7.99. The first-order valence-electron chi connectivity index (χ1n) is 8.57. The largest absolute Gasteiger partial charge is 0.486 e. The molecule has 0 unspecified atom stereocenters. The number of hydrogen-bond donors (Lipinski definition) is 1. The van der Waals surface area contributed by atoms with Crippen molar-refractivity contribution in [1.82, 2.24) is 4.90 Å². The number of piperidine rings is 1. The second-order valence-corrected chi connectivity index (χ2v) is 6.70. The van der Waals surface area contributed by atoms with Crippen molar-refractivity contribution >= 4 is 0 Å². The van der Waals surface area contributed by atoms with Gasteiger partial charge in [0, 0.05) is 13.1 Å². The molecule has 5 nitrogen and oxygen atoms in total. The summed E-state index contributed by atoms with van der Waals surface area (Å²) < 4.78 is 17.1. The smallest absolute Gasteiger partial charge is 0.161 e. The summed E-state index contributed by atoms with van der Waals surface area (Å²) in [6.45, 7) is 6.37. The van der Waals surface area contributed by atoms with Crippen LogP contribution in [0.5, 0.6) is 11.5 Å². The number of benzene rings is 1. The summed E-state index contributed by atoms with van der Waals surface area (Å²) in [5.41, 5.74) is 0. The van der Waals surface area contributed by atoms with Crippen LogP contribution in [0.15, 0.2) is 24.3 Å². The fraction of sp³-hybridized carbons (Fsp3) is 0.667. The first-order valence-corrected chi connectivity index (χ1v) is 8.57. The average molecular weight is 321 g/mol. The zero-order valence-corrected chi connectivity index (χ0v) is 13.8. The topological polar surface area (TPSA) is 51.2 Å². The quantitative estimate of drug-likeness (QED) is 0.868. The minimum absolute atomic E-state index is 0.118. The Labute approximate surface area is 138 Å². The van der Waals surface area contributed by atoms with E-state index in [0.717, 1.165) is 30.5 Å². The molecular formula is C18H27NO4. The average Bonchev–Trinajstić information content (AvgIpc) is 2.55. The first-order chi connectivity index (χ1) is 11.2. The van der Waals surface area contributed by atoms with Gasteiger partial charge in [0.25, 0.3) is 0 Å². The molecule has 0 spiro atoms. The zero-order chi connectivity index (χ0) is 16.1. The number of para-hydroxylation sites is 2. The number of hydrogen-bond acceptors (Lipinski definition) is 5. The molecule has 2 heterocycles. The summed E-state index contributed by atoms with van der Waals surface area (Å²) in [7, 11) is 0. The molecule has 5 heteroatoms. The molecule has 0 aromatic heterocycles. The minimum atomic E-state index is -0.447. The number of aliphatic hydroxyl groups excluding tert-OH is 1. The highest BCUT2D eigenvalue weighted by Crippen LogP contribution is 2.30. The van der Waals surface area contributed by atoms with Crippen molar-refractivity contribution in [3.63, 3.8) is 0 Å². The molecular weight excluding hydrogens is 294 g/mol. The molecule has 2 aliphatic rings. The van der Waals surface area contributed by atoms with Gasteiger partial charge >= 0.3 is 0 Å². The highest BCUT2D eigenvalue weighted by atomic mass is 16.6. The van der Waals surface area contributed by atoms with E-state index in [9.17, 15) is 5.11 Å². The maximum atomic E-state index is 10.1. The van der Waals surface area contributed by atoms with E-state index < -0.39 is 6.10 Å². The lowest BCUT2D eigenvalue weighted by atomic mass is 10.0. The van der Waals surface area contributed by atoms with Gasteiger partial charge in [0.05, 0.1) is 19.3 Å². The first kappa shape index (κ1) is 16.6. The van der Waals surface area contributed by atoms with Crippen LogP contribution in [-0.2, 0) is 4.74 Å². The molecule has 2 aliphatic heterocycles. The second-order valence-electron chi connectivity index (χ2n) is 6.70. The van der Waals surface area contributed by atoms with Gasteiger partial charge in [-0.05, 0) is 37.4 Å². The fourth-order valence-corrected chi connectivity index (χ4v) is 3.28. The van der Waals surface area contributed by atoms with Crippen molar-refractivity contribution in [2.75, 3.05) is 39.5 Å². The van der Waals surface area contributed by atoms with Gasteiger partial charge in [-0.1, -0.05) is 19.1 Å². The summed E-state index contributed by atoms with van der Waals surface area (Å²) >= 11 is 0. The van der Waals surface area contributed by atoms with Gasteiger partial charge in [0.1, 0.15) is 6.61 Å². The predicted molar refractivity (Wildman–Crippen MR) is 88.0 cm³/mol. The van der Waals surface area contributed by atoms with Crippen LogP contribution in [0, 0.1) is 5.92 Å². The molecule has 0 amide bonds. The molecule has 3 rings (SSSR count). The fourth-order valence-electron chi connectivity index (χ4n) is 3.28. The van der Waals surface area contributed by atoms with Crippen LogP contribution in [-0.4, -0.2) is 61.7 Å². The van der Waals surface area contributed by atoms with E-state index in [2.05, 4.69) is 11.8 Å². The van der Waals surface area contributed by atoms with Gasteiger partial charge in [-0.15, -0.1) is 0 Å². The lowest BCUT2D eigenvalue weighted by Crippen LogP contribution is -2.41. The summed E-state index contributed by atoms with van der Waals surface area (Å²) in [6.07, 6.45) is 1.95. The predicted octanol–water partition coefficient (Wildman–Crippen LogP) is 1.94. The Morgan fingerprint density at radius 3 is 3.00 bits per heavy atom. The summed E-state index contributed by atoms with van der Waals surface area (Å²) in [6, 6.07) is 7.65. The number of likely N-dealkylation sites (tertiary alicyclic amines) is 1. The third-order valence-corrected chi connectivity index (χ3v) is 4.39. The molecule has 0 aliphatic carbocycles. The Bertz CT molecular complexity index is 496. The Morgan fingerprint density at radius 1 is 1.35 bits per heavy atom. The molecule has 1 aromatic rings. The Morgan fingerprint density at radius 2 is 2.17 bits per heavy atom. The number of nitrogens with zero attached hydrogens (tertiary/aromatic N) is 1. The number of ether oxygens (including phenoxy) is 3. The highest BCUT2D eigenvalue weighted by Gasteiger charge is 2.22. The van der Waals surface area contributed by atoms with Crippen molar-refractivity contribution in [2.24, 2.45) is 5.92 Å². The van der Waals surface area contributed by atoms with Crippen molar-refractivity contribution < 1.29 is 19.3 Å². The highest BCUT2D eigenvalue weighted by molar-refractivity contribution is 5.40. The molecule has 0 bridgehead atoms. The molecule has 0 radical (unpaired) electrons. The van der Waals surface area contributed by atoms with E-state index in [1.807, 2.05) is 24.3 Å². The Balaban J connectivity index is 1.35. The molecule has 1 N–H and O–H groups in total. The normalized spacial score (nSPS) is 26.0. The molecule has 1 fully saturated rings. The molecule has 1 aromatic carbocycles. The van der Waals surface area contributed by atoms with Crippen molar-refractivity contribution in [2.45, 2.75) is 32.0 Å². The van der Waals surface area contributed by atoms with Crippen LogP contribution in [0.2, 0.25) is 0 Å². The standard InChI is InChI=1S/C18H27NO4/c1-14-5-4-8-19(9-14)10-15(20)11-21-12-16-13-22-17-6-2-3-7-18(17)23-16/h2-3,6-7,14-16,20H,4-5,8-13H2,1H3/t14-,15+,16+/m0/s1. The van der Waals surface area contributed by atoms with Crippen molar-refractivity contribution in [1.29, 1.82) is 0 Å². The van der Waals surface area contributed by atoms with E-state index in [4.69, 9.17) is 14.2 Å². The van der Waals surface area contributed by atoms with Gasteiger partial charge in [-0.2, -0.15) is 0 Å². The molecule has 23 heavy (non-hydrogen) atoms. The minimum Gasteiger partial charge on any atom is -0.486 e. The van der Waals surface area contributed by atoms with E-state index >= 15 is 0 Å². The third-order valence-electron chi connectivity index (χ3n) is 4.39. The molecule has 1 saturated heterocycles. The maximum Gasteiger partial charge on any atom is 0.161 e. The van der Waals surface area contributed by atoms with E-state index in [1.54, 1.807) is 0 Å². The van der Waals surface area contributed by atoms with Gasteiger partial charge in [0.2, 0.25) is 0 Å². The zero-order valence-electron chi connectivity index (χ0n) is 13.8. The Hall–Kier alpha value is -1.30.